The fourth-order valence-corrected chi connectivity index (χ4v) is 8.97. The molecule has 2 aromatic carbocycles. The number of amides is 1. The van der Waals surface area contributed by atoms with Gasteiger partial charge in [-0.15, -0.1) is 0 Å². The number of aliphatic hydroxyl groups excluding tert-OH is 1. The molecule has 1 aliphatic rings. The van der Waals surface area contributed by atoms with Gasteiger partial charge in [0, 0.05) is 25.6 Å². The lowest BCUT2D eigenvalue weighted by Gasteiger charge is -2.45. The molecule has 1 amide bonds. The van der Waals surface area contributed by atoms with E-state index in [2.05, 4.69) is 45.0 Å². The summed E-state index contributed by atoms with van der Waals surface area (Å²) in [6, 6.07) is 20.7. The Morgan fingerprint density at radius 3 is 2.03 bits per heavy atom. The predicted molar refractivity (Wildman–Crippen MR) is 117 cm³/mol. The maximum Gasteiger partial charge on any atom is 0.407 e. The van der Waals surface area contributed by atoms with Crippen LogP contribution >= 0.6 is 0 Å². The van der Waals surface area contributed by atoms with E-state index in [1.807, 2.05) is 36.4 Å². The van der Waals surface area contributed by atoms with Crippen LogP contribution in [-0.2, 0) is 4.43 Å². The standard InChI is InChI=1S/C23H31NO4Si/c1-23(2,3)29(19-10-6-4-7-11-19,20-12-8-5-9-13-20)28-17-18-16-24(22(26)27)15-14-21(18)25/h4-13,18,21,25H,14-17H2,1-3H3,(H,26,27). The maximum atomic E-state index is 11.4. The highest BCUT2D eigenvalue weighted by atomic mass is 28.4. The van der Waals surface area contributed by atoms with E-state index < -0.39 is 20.5 Å². The Morgan fingerprint density at radius 1 is 1.07 bits per heavy atom. The molecular weight excluding hydrogens is 382 g/mol. The summed E-state index contributed by atoms with van der Waals surface area (Å²) in [7, 11) is -2.69. The van der Waals surface area contributed by atoms with E-state index in [9.17, 15) is 15.0 Å². The lowest BCUT2D eigenvalue weighted by molar-refractivity contribution is 0.00806. The average molecular weight is 414 g/mol. The molecule has 1 fully saturated rings. The molecule has 29 heavy (non-hydrogen) atoms. The molecule has 5 nitrogen and oxygen atoms in total. The maximum absolute atomic E-state index is 11.4. The number of carboxylic acid groups (broad SMARTS) is 1. The van der Waals surface area contributed by atoms with Gasteiger partial charge in [0.1, 0.15) is 0 Å². The summed E-state index contributed by atoms with van der Waals surface area (Å²) in [4.78, 5) is 12.8. The summed E-state index contributed by atoms with van der Waals surface area (Å²) in [6.45, 7) is 7.62. The monoisotopic (exact) mass is 413 g/mol. The van der Waals surface area contributed by atoms with Crippen LogP contribution in [0.15, 0.2) is 60.7 Å². The summed E-state index contributed by atoms with van der Waals surface area (Å²) >= 11 is 0. The molecule has 1 saturated heterocycles. The summed E-state index contributed by atoms with van der Waals surface area (Å²) < 4.78 is 6.86. The van der Waals surface area contributed by atoms with Crippen molar-refractivity contribution in [3.05, 3.63) is 60.7 Å². The number of rotatable bonds is 5. The Morgan fingerprint density at radius 2 is 1.59 bits per heavy atom. The molecule has 0 bridgehead atoms. The number of piperidine rings is 1. The molecule has 0 saturated carbocycles. The van der Waals surface area contributed by atoms with Crippen molar-refractivity contribution < 1.29 is 19.4 Å². The molecule has 0 radical (unpaired) electrons. The van der Waals surface area contributed by atoms with Crippen LogP contribution in [0.3, 0.4) is 0 Å². The molecule has 2 N–H and O–H groups in total. The van der Waals surface area contributed by atoms with Crippen LogP contribution in [0.2, 0.25) is 5.04 Å². The smallest absolute Gasteiger partial charge is 0.407 e. The van der Waals surface area contributed by atoms with Crippen molar-refractivity contribution in [3.8, 4) is 0 Å². The molecule has 0 aromatic heterocycles. The van der Waals surface area contributed by atoms with Gasteiger partial charge in [-0.2, -0.15) is 0 Å². The van der Waals surface area contributed by atoms with Gasteiger partial charge < -0.3 is 19.5 Å². The first-order valence-corrected chi connectivity index (χ1v) is 12.1. The van der Waals surface area contributed by atoms with Crippen LogP contribution in [0.5, 0.6) is 0 Å². The van der Waals surface area contributed by atoms with Crippen molar-refractivity contribution in [2.75, 3.05) is 19.7 Å². The fraction of sp³-hybridized carbons (Fsp3) is 0.435. The normalized spacial score (nSPS) is 20.5. The first-order chi connectivity index (χ1) is 13.8. The first kappa shape index (κ1) is 21.6. The quantitative estimate of drug-likeness (QED) is 0.740. The number of carbonyl (C=O) groups is 1. The first-order valence-electron chi connectivity index (χ1n) is 10.2. The van der Waals surface area contributed by atoms with Gasteiger partial charge in [0.15, 0.2) is 0 Å². The predicted octanol–water partition coefficient (Wildman–Crippen LogP) is 2.92. The van der Waals surface area contributed by atoms with Gasteiger partial charge >= 0.3 is 6.09 Å². The Bertz CT molecular complexity index is 767. The topological polar surface area (TPSA) is 70.0 Å². The molecule has 156 valence electrons. The van der Waals surface area contributed by atoms with E-state index in [1.54, 1.807) is 0 Å². The zero-order chi connectivity index (χ0) is 21.1. The van der Waals surface area contributed by atoms with Crippen molar-refractivity contribution in [1.29, 1.82) is 0 Å². The van der Waals surface area contributed by atoms with E-state index >= 15 is 0 Å². The van der Waals surface area contributed by atoms with Crippen LogP contribution in [0, 0.1) is 5.92 Å². The minimum absolute atomic E-state index is 0.151. The SMILES string of the molecule is CC(C)(C)[Si](OCC1CN(C(=O)O)CCC1O)(c1ccccc1)c1ccccc1. The third-order valence-corrected chi connectivity index (χ3v) is 10.9. The zero-order valence-electron chi connectivity index (χ0n) is 17.4. The van der Waals surface area contributed by atoms with E-state index in [4.69, 9.17) is 4.43 Å². The highest BCUT2D eigenvalue weighted by Gasteiger charge is 2.50. The van der Waals surface area contributed by atoms with Gasteiger partial charge in [0.25, 0.3) is 8.32 Å². The fourth-order valence-electron chi connectivity index (χ4n) is 4.35. The lowest BCUT2D eigenvalue weighted by Crippen LogP contribution is -2.67. The van der Waals surface area contributed by atoms with Crippen molar-refractivity contribution >= 4 is 24.8 Å². The van der Waals surface area contributed by atoms with Crippen LogP contribution < -0.4 is 10.4 Å². The average Bonchev–Trinajstić information content (AvgIpc) is 2.70. The molecule has 3 rings (SSSR count). The zero-order valence-corrected chi connectivity index (χ0v) is 18.4. The molecule has 0 aliphatic carbocycles. The molecule has 1 heterocycles. The Kier molecular flexibility index (Phi) is 6.46. The number of aliphatic hydroxyl groups is 1. The number of hydrogen-bond acceptors (Lipinski definition) is 3. The number of likely N-dealkylation sites (tertiary alicyclic amines) is 1. The Hall–Kier alpha value is -2.15. The summed E-state index contributed by atoms with van der Waals surface area (Å²) in [5, 5.41) is 22.1. The summed E-state index contributed by atoms with van der Waals surface area (Å²) in [5.74, 6) is -0.235. The van der Waals surface area contributed by atoms with Gasteiger partial charge in [-0.1, -0.05) is 81.4 Å². The van der Waals surface area contributed by atoms with Crippen molar-refractivity contribution in [1.82, 2.24) is 4.90 Å². The Labute approximate surface area is 174 Å². The largest absolute Gasteiger partial charge is 0.465 e. The van der Waals surface area contributed by atoms with E-state index in [0.717, 1.165) is 0 Å². The van der Waals surface area contributed by atoms with Gasteiger partial charge in [0.2, 0.25) is 0 Å². The van der Waals surface area contributed by atoms with Crippen molar-refractivity contribution in [3.63, 3.8) is 0 Å². The summed E-state index contributed by atoms with van der Waals surface area (Å²) in [6.07, 6.45) is -1.04. The third kappa shape index (κ3) is 4.39. The van der Waals surface area contributed by atoms with Crippen LogP contribution in [0.4, 0.5) is 4.79 Å². The van der Waals surface area contributed by atoms with Gasteiger partial charge in [-0.25, -0.2) is 4.79 Å². The molecular formula is C23H31NO4Si. The van der Waals surface area contributed by atoms with Gasteiger partial charge in [-0.05, 0) is 21.8 Å². The van der Waals surface area contributed by atoms with Crippen molar-refractivity contribution in [2.24, 2.45) is 5.92 Å². The van der Waals surface area contributed by atoms with Crippen molar-refractivity contribution in [2.45, 2.75) is 38.3 Å². The second-order valence-electron chi connectivity index (χ2n) is 8.82. The highest BCUT2D eigenvalue weighted by Crippen LogP contribution is 2.37. The molecule has 2 aromatic rings. The second kappa shape index (κ2) is 8.69. The third-order valence-electron chi connectivity index (χ3n) is 5.90. The number of nitrogens with zero attached hydrogens (tertiary/aromatic N) is 1. The van der Waals surface area contributed by atoms with E-state index in [0.29, 0.717) is 26.1 Å². The van der Waals surface area contributed by atoms with Gasteiger partial charge in [-0.3, -0.25) is 0 Å². The highest BCUT2D eigenvalue weighted by molar-refractivity contribution is 6.99. The second-order valence-corrected chi connectivity index (χ2v) is 13.1. The van der Waals surface area contributed by atoms with Crippen LogP contribution in [0.25, 0.3) is 0 Å². The van der Waals surface area contributed by atoms with Gasteiger partial charge in [0.05, 0.1) is 6.10 Å². The van der Waals surface area contributed by atoms with E-state index in [-0.39, 0.29) is 11.0 Å². The minimum Gasteiger partial charge on any atom is -0.465 e. The molecule has 6 heteroatoms. The molecule has 2 unspecified atom stereocenters. The molecule has 1 aliphatic heterocycles. The number of benzene rings is 2. The number of hydrogen-bond donors (Lipinski definition) is 2. The van der Waals surface area contributed by atoms with E-state index in [1.165, 1.54) is 15.3 Å². The van der Waals surface area contributed by atoms with Crippen LogP contribution in [-0.4, -0.2) is 55.3 Å². The van der Waals surface area contributed by atoms with Crippen LogP contribution in [0.1, 0.15) is 27.2 Å². The minimum atomic E-state index is -2.69. The molecule has 2 atom stereocenters. The molecule has 0 spiro atoms. The summed E-state index contributed by atoms with van der Waals surface area (Å²) in [5.41, 5.74) is 0. The Balaban J connectivity index is 1.99. The lowest BCUT2D eigenvalue weighted by atomic mass is 9.96.